The normalized spacial score (nSPS) is 10.9. The lowest BCUT2D eigenvalue weighted by Gasteiger charge is -2.24. The highest BCUT2D eigenvalue weighted by molar-refractivity contribution is 5.84. The number of para-hydroxylation sites is 2. The van der Waals surface area contributed by atoms with Crippen LogP contribution in [0.25, 0.3) is 10.9 Å². The lowest BCUT2D eigenvalue weighted by molar-refractivity contribution is -0.133. The van der Waals surface area contributed by atoms with Crippen molar-refractivity contribution >= 4 is 16.8 Å². The maximum Gasteiger partial charge on any atom is 0.267 e. The smallest absolute Gasteiger partial charge is 0.267 e. The van der Waals surface area contributed by atoms with E-state index < -0.39 is 0 Å². The molecule has 7 heteroatoms. The second-order valence-corrected chi connectivity index (χ2v) is 7.39. The van der Waals surface area contributed by atoms with Gasteiger partial charge in [-0.05, 0) is 30.7 Å². The molecule has 31 heavy (non-hydrogen) atoms. The number of aromatic nitrogens is 3. The number of H-pyrrole nitrogens is 1. The van der Waals surface area contributed by atoms with Crippen LogP contribution in [0, 0.1) is 6.92 Å². The Kier molecular flexibility index (Phi) is 5.84. The van der Waals surface area contributed by atoms with Crippen molar-refractivity contribution in [2.45, 2.75) is 26.6 Å². The number of rotatable bonds is 7. The van der Waals surface area contributed by atoms with Crippen LogP contribution < -0.4 is 10.3 Å². The van der Waals surface area contributed by atoms with Crippen molar-refractivity contribution < 1.29 is 9.53 Å². The molecule has 0 spiro atoms. The number of methoxy groups -OCH3 is 1. The molecule has 2 heterocycles. The van der Waals surface area contributed by atoms with E-state index >= 15 is 0 Å². The van der Waals surface area contributed by atoms with Crippen molar-refractivity contribution in [1.29, 1.82) is 0 Å². The maximum absolute atomic E-state index is 13.3. The zero-order valence-corrected chi connectivity index (χ0v) is 17.5. The Hall–Kier alpha value is -3.87. The first-order valence-electron chi connectivity index (χ1n) is 10.0. The molecule has 4 aromatic rings. The largest absolute Gasteiger partial charge is 0.496 e. The number of nitrogens with one attached hydrogen (secondary N) is 1. The van der Waals surface area contributed by atoms with E-state index in [1.807, 2.05) is 54.7 Å². The van der Waals surface area contributed by atoms with E-state index in [1.54, 1.807) is 25.0 Å². The van der Waals surface area contributed by atoms with Crippen LogP contribution in [-0.4, -0.2) is 32.7 Å². The molecule has 0 saturated heterocycles. The molecule has 0 aliphatic rings. The fraction of sp³-hybridized carbons (Fsp3) is 0.208. The molecule has 2 aromatic carbocycles. The Labute approximate surface area is 179 Å². The number of carbonyl (C=O) groups is 1. The molecular weight excluding hydrogens is 392 g/mol. The Morgan fingerprint density at radius 3 is 2.61 bits per heavy atom. The molecular formula is C24H24N4O3. The van der Waals surface area contributed by atoms with Crippen LogP contribution in [0.4, 0.5) is 0 Å². The summed E-state index contributed by atoms with van der Waals surface area (Å²) in [5, 5.41) is 5.27. The highest BCUT2D eigenvalue weighted by Crippen LogP contribution is 2.23. The summed E-state index contributed by atoms with van der Waals surface area (Å²) in [4.78, 5) is 30.5. The van der Waals surface area contributed by atoms with Crippen LogP contribution in [0.1, 0.15) is 16.8 Å². The lowest BCUT2D eigenvalue weighted by Crippen LogP contribution is -2.36. The van der Waals surface area contributed by atoms with Crippen molar-refractivity contribution in [1.82, 2.24) is 19.7 Å². The summed E-state index contributed by atoms with van der Waals surface area (Å²) < 4.78 is 6.68. The molecule has 0 atom stereocenters. The highest BCUT2D eigenvalue weighted by atomic mass is 16.5. The Morgan fingerprint density at radius 1 is 1.03 bits per heavy atom. The van der Waals surface area contributed by atoms with E-state index in [0.717, 1.165) is 22.0 Å². The minimum Gasteiger partial charge on any atom is -0.496 e. The standard InChI is InChI=1S/C24H24N4O3/c1-17-11-12-23(29)28(26-17)16-24(30)27(14-18-7-3-6-10-22(18)31-2)15-19-13-25-21-9-5-4-8-20(19)21/h3-13,25H,14-16H2,1-2H3. The van der Waals surface area contributed by atoms with Gasteiger partial charge in [0.05, 0.1) is 12.8 Å². The molecule has 0 radical (unpaired) electrons. The second kappa shape index (κ2) is 8.87. The summed E-state index contributed by atoms with van der Waals surface area (Å²) >= 11 is 0. The van der Waals surface area contributed by atoms with Crippen LogP contribution in [0.2, 0.25) is 0 Å². The second-order valence-electron chi connectivity index (χ2n) is 7.39. The summed E-state index contributed by atoms with van der Waals surface area (Å²) in [6.07, 6.45) is 1.92. The minimum atomic E-state index is -0.303. The SMILES string of the molecule is COc1ccccc1CN(Cc1c[nH]c2ccccc12)C(=O)Cn1nc(C)ccc1=O. The minimum absolute atomic E-state index is 0.127. The van der Waals surface area contributed by atoms with Gasteiger partial charge in [-0.2, -0.15) is 5.10 Å². The maximum atomic E-state index is 13.3. The number of carbonyl (C=O) groups excluding carboxylic acids is 1. The van der Waals surface area contributed by atoms with Crippen molar-refractivity contribution in [3.8, 4) is 5.75 Å². The first-order valence-corrected chi connectivity index (χ1v) is 10.0. The van der Waals surface area contributed by atoms with E-state index in [9.17, 15) is 9.59 Å². The van der Waals surface area contributed by atoms with Crippen molar-refractivity contribution in [3.05, 3.63) is 94.0 Å². The van der Waals surface area contributed by atoms with E-state index in [-0.39, 0.29) is 18.0 Å². The molecule has 1 N–H and O–H groups in total. The van der Waals surface area contributed by atoms with Crippen molar-refractivity contribution in [2.24, 2.45) is 0 Å². The number of nitrogens with zero attached hydrogens (tertiary/aromatic N) is 3. The molecule has 0 saturated carbocycles. The summed E-state index contributed by atoms with van der Waals surface area (Å²) in [7, 11) is 1.61. The topological polar surface area (TPSA) is 80.2 Å². The molecule has 0 bridgehead atoms. The quantitative estimate of drug-likeness (QED) is 0.501. The Balaban J connectivity index is 1.66. The summed E-state index contributed by atoms with van der Waals surface area (Å²) in [6, 6.07) is 18.7. The first-order chi connectivity index (χ1) is 15.0. The highest BCUT2D eigenvalue weighted by Gasteiger charge is 2.19. The number of aromatic amines is 1. The van der Waals surface area contributed by atoms with Gasteiger partial charge in [0, 0.05) is 41.8 Å². The predicted octanol–water partition coefficient (Wildman–Crippen LogP) is 3.27. The monoisotopic (exact) mass is 416 g/mol. The zero-order valence-electron chi connectivity index (χ0n) is 17.5. The Morgan fingerprint density at radius 2 is 1.77 bits per heavy atom. The average Bonchev–Trinajstić information content (AvgIpc) is 3.19. The first kappa shape index (κ1) is 20.4. The molecule has 158 valence electrons. The van der Waals surface area contributed by atoms with Crippen molar-refractivity contribution in [2.75, 3.05) is 7.11 Å². The molecule has 0 aliphatic carbocycles. The summed E-state index contributed by atoms with van der Waals surface area (Å²) in [5.41, 5.74) is 3.29. The number of ether oxygens (including phenoxy) is 1. The third-order valence-corrected chi connectivity index (χ3v) is 5.23. The van der Waals surface area contributed by atoms with Crippen LogP contribution in [0.5, 0.6) is 5.75 Å². The van der Waals surface area contributed by atoms with Crippen LogP contribution in [0.3, 0.4) is 0 Å². The summed E-state index contributed by atoms with van der Waals surface area (Å²) in [6.45, 7) is 2.40. The number of aryl methyl sites for hydroxylation is 1. The van der Waals surface area contributed by atoms with E-state index in [4.69, 9.17) is 4.74 Å². The Bertz CT molecular complexity index is 1280. The molecule has 1 amide bonds. The van der Waals surface area contributed by atoms with Gasteiger partial charge in [-0.1, -0.05) is 36.4 Å². The lowest BCUT2D eigenvalue weighted by atomic mass is 10.1. The number of benzene rings is 2. The van der Waals surface area contributed by atoms with E-state index in [0.29, 0.717) is 24.5 Å². The van der Waals surface area contributed by atoms with Crippen LogP contribution in [0.15, 0.2) is 71.7 Å². The molecule has 0 unspecified atom stereocenters. The van der Waals surface area contributed by atoms with Gasteiger partial charge in [0.25, 0.3) is 5.56 Å². The van der Waals surface area contributed by atoms with Gasteiger partial charge in [0.1, 0.15) is 12.3 Å². The molecule has 7 nitrogen and oxygen atoms in total. The van der Waals surface area contributed by atoms with Gasteiger partial charge in [-0.3, -0.25) is 9.59 Å². The van der Waals surface area contributed by atoms with Crippen LogP contribution >= 0.6 is 0 Å². The molecule has 0 fully saturated rings. The van der Waals surface area contributed by atoms with Gasteiger partial charge in [-0.25, -0.2) is 4.68 Å². The number of fused-ring (bicyclic) bond motifs is 1. The number of amides is 1. The summed E-state index contributed by atoms with van der Waals surface area (Å²) in [5.74, 6) is 0.515. The molecule has 2 aromatic heterocycles. The van der Waals surface area contributed by atoms with Gasteiger partial charge < -0.3 is 14.6 Å². The average molecular weight is 416 g/mol. The molecule has 0 aliphatic heterocycles. The third-order valence-electron chi connectivity index (χ3n) is 5.23. The van der Waals surface area contributed by atoms with E-state index in [1.165, 1.54) is 10.7 Å². The fourth-order valence-electron chi connectivity index (χ4n) is 3.63. The zero-order chi connectivity index (χ0) is 21.8. The van der Waals surface area contributed by atoms with Gasteiger partial charge >= 0.3 is 0 Å². The number of hydrogen-bond donors (Lipinski definition) is 1. The van der Waals surface area contributed by atoms with Crippen LogP contribution in [-0.2, 0) is 24.4 Å². The molecule has 4 rings (SSSR count). The number of hydrogen-bond acceptors (Lipinski definition) is 4. The fourth-order valence-corrected chi connectivity index (χ4v) is 3.63. The van der Waals surface area contributed by atoms with E-state index in [2.05, 4.69) is 10.1 Å². The van der Waals surface area contributed by atoms with Crippen molar-refractivity contribution in [3.63, 3.8) is 0 Å². The van der Waals surface area contributed by atoms with Gasteiger partial charge in [0.2, 0.25) is 5.91 Å². The van der Waals surface area contributed by atoms with Gasteiger partial charge in [0.15, 0.2) is 0 Å². The third kappa shape index (κ3) is 4.50. The predicted molar refractivity (Wildman–Crippen MR) is 119 cm³/mol. The van der Waals surface area contributed by atoms with Gasteiger partial charge in [-0.15, -0.1) is 0 Å².